The second-order valence-electron chi connectivity index (χ2n) is 7.30. The monoisotopic (exact) mass is 554 g/mol. The molecule has 38 heavy (non-hydrogen) atoms. The number of anilines is 3. The summed E-state index contributed by atoms with van der Waals surface area (Å²) in [5.41, 5.74) is 0. The van der Waals surface area contributed by atoms with Crippen LogP contribution in [0, 0.1) is 0 Å². The summed E-state index contributed by atoms with van der Waals surface area (Å²) in [7, 11) is 11.1. The van der Waals surface area contributed by atoms with Crippen molar-refractivity contribution in [2.45, 2.75) is 0 Å². The summed E-state index contributed by atoms with van der Waals surface area (Å²) < 4.78 is 46.1. The molecule has 0 atom stereocenters. The van der Waals surface area contributed by atoms with Crippen LogP contribution < -0.4 is 14.7 Å². The van der Waals surface area contributed by atoms with E-state index in [9.17, 15) is 0 Å². The lowest BCUT2D eigenvalue weighted by Crippen LogP contribution is -2.36. The number of rotatable bonds is 23. The highest BCUT2D eigenvalue weighted by molar-refractivity contribution is 5.45. The molecule has 0 bridgehead atoms. The number of hydrogen-bond donors (Lipinski definition) is 1. The van der Waals surface area contributed by atoms with Crippen molar-refractivity contribution < 1.29 is 47.7 Å². The van der Waals surface area contributed by atoms with E-state index in [0.717, 1.165) is 0 Å². The van der Waals surface area contributed by atoms with Crippen LogP contribution in [0.4, 0.5) is 17.8 Å². The molecule has 0 saturated carbocycles. The fourth-order valence-electron chi connectivity index (χ4n) is 2.69. The van der Waals surface area contributed by atoms with Gasteiger partial charge in [-0.05, 0) is 0 Å². The third kappa shape index (κ3) is 16.1. The lowest BCUT2D eigenvalue weighted by Gasteiger charge is -2.27. The molecule has 0 spiro atoms. The number of nitrogens with zero attached hydrogens (tertiary/aromatic N) is 6. The zero-order valence-electron chi connectivity index (χ0n) is 23.8. The maximum Gasteiger partial charge on any atom is 0.235 e. The fraction of sp³-hybridized carbons (Fsp3) is 0.864. The number of ether oxygens (including phenoxy) is 9. The Labute approximate surface area is 225 Å². The van der Waals surface area contributed by atoms with Crippen LogP contribution in [-0.4, -0.2) is 150 Å². The Bertz CT molecular complexity index is 557. The van der Waals surface area contributed by atoms with Crippen LogP contribution in [0.3, 0.4) is 0 Å². The first-order valence-corrected chi connectivity index (χ1v) is 11.8. The molecule has 0 aliphatic carbocycles. The zero-order chi connectivity index (χ0) is 28.4. The Hall–Kier alpha value is -1.99. The fourth-order valence-corrected chi connectivity index (χ4v) is 2.69. The van der Waals surface area contributed by atoms with Crippen LogP contribution in [0.25, 0.3) is 0 Å². The summed E-state index contributed by atoms with van der Waals surface area (Å²) in [6.45, 7) is 4.16. The van der Waals surface area contributed by atoms with E-state index in [1.54, 1.807) is 64.5 Å². The Kier molecular flexibility index (Phi) is 24.0. The van der Waals surface area contributed by atoms with E-state index in [-0.39, 0.29) is 47.0 Å². The van der Waals surface area contributed by atoms with Crippen molar-refractivity contribution in [1.82, 2.24) is 15.0 Å². The SMILES string of the molecule is COCCOCCOCCO.COCN(COC)c1nc(N(COC)COC)nc(N(COC)COC)n1. The minimum atomic E-state index is 0.0675. The molecule has 0 radical (unpaired) electrons. The highest BCUT2D eigenvalue weighted by atomic mass is 16.5. The van der Waals surface area contributed by atoms with Gasteiger partial charge in [-0.1, -0.05) is 0 Å². The molecular formula is C22H46N6O10. The number of aromatic nitrogens is 3. The van der Waals surface area contributed by atoms with Gasteiger partial charge in [0.2, 0.25) is 17.8 Å². The minimum Gasteiger partial charge on any atom is -0.394 e. The molecule has 0 amide bonds. The van der Waals surface area contributed by atoms with Gasteiger partial charge in [0.25, 0.3) is 0 Å². The molecule has 1 heterocycles. The van der Waals surface area contributed by atoms with E-state index in [4.69, 9.17) is 47.7 Å². The van der Waals surface area contributed by atoms with Crippen LogP contribution >= 0.6 is 0 Å². The molecule has 0 aliphatic heterocycles. The predicted octanol–water partition coefficient (Wildman–Crippen LogP) is -0.427. The molecule has 16 nitrogen and oxygen atoms in total. The highest BCUT2D eigenvalue weighted by Gasteiger charge is 2.20. The molecular weight excluding hydrogens is 508 g/mol. The Morgan fingerprint density at radius 3 is 1.00 bits per heavy atom. The maximum atomic E-state index is 8.32. The third-order valence-electron chi connectivity index (χ3n) is 4.20. The molecule has 0 aromatic carbocycles. The van der Waals surface area contributed by atoms with Crippen LogP contribution in [0.2, 0.25) is 0 Å². The van der Waals surface area contributed by atoms with Crippen molar-refractivity contribution in [3.63, 3.8) is 0 Å². The van der Waals surface area contributed by atoms with Crippen LogP contribution in [0.1, 0.15) is 0 Å². The van der Waals surface area contributed by atoms with Crippen molar-refractivity contribution in [1.29, 1.82) is 0 Å². The summed E-state index contributed by atoms with van der Waals surface area (Å²) in [6, 6.07) is 0. The molecule has 1 aromatic rings. The summed E-state index contributed by atoms with van der Waals surface area (Å²) in [5.74, 6) is 1.11. The first-order chi connectivity index (χ1) is 18.6. The lowest BCUT2D eigenvalue weighted by atomic mass is 10.6. The van der Waals surface area contributed by atoms with E-state index >= 15 is 0 Å². The van der Waals surface area contributed by atoms with E-state index in [1.807, 2.05) is 0 Å². The van der Waals surface area contributed by atoms with Crippen molar-refractivity contribution in [3.8, 4) is 0 Å². The summed E-state index contributed by atoms with van der Waals surface area (Å²) in [4.78, 5) is 18.7. The third-order valence-corrected chi connectivity index (χ3v) is 4.20. The average Bonchev–Trinajstić information content (AvgIpc) is 2.92. The van der Waals surface area contributed by atoms with Gasteiger partial charge in [0, 0.05) is 49.8 Å². The summed E-state index contributed by atoms with van der Waals surface area (Å²) >= 11 is 0. The largest absolute Gasteiger partial charge is 0.394 e. The molecule has 0 aliphatic rings. The summed E-state index contributed by atoms with van der Waals surface area (Å²) in [6.07, 6.45) is 0. The molecule has 1 rings (SSSR count). The average molecular weight is 555 g/mol. The van der Waals surface area contributed by atoms with Gasteiger partial charge in [-0.15, -0.1) is 0 Å². The number of hydrogen-bond acceptors (Lipinski definition) is 16. The van der Waals surface area contributed by atoms with Crippen molar-refractivity contribution in [2.24, 2.45) is 0 Å². The number of aliphatic hydroxyl groups is 1. The molecule has 224 valence electrons. The number of aliphatic hydroxyl groups excluding tert-OH is 1. The quantitative estimate of drug-likeness (QED) is 0.137. The van der Waals surface area contributed by atoms with Crippen molar-refractivity contribution in [3.05, 3.63) is 0 Å². The normalized spacial score (nSPS) is 10.7. The van der Waals surface area contributed by atoms with Crippen molar-refractivity contribution in [2.75, 3.05) is 144 Å². The number of methoxy groups -OCH3 is 7. The summed E-state index contributed by atoms with van der Waals surface area (Å²) in [5, 5.41) is 8.32. The highest BCUT2D eigenvalue weighted by Crippen LogP contribution is 2.19. The smallest absolute Gasteiger partial charge is 0.235 e. The minimum absolute atomic E-state index is 0.0675. The van der Waals surface area contributed by atoms with Gasteiger partial charge in [-0.2, -0.15) is 15.0 Å². The molecule has 1 aromatic heterocycles. The molecule has 16 heteroatoms. The van der Waals surface area contributed by atoms with E-state index in [2.05, 4.69) is 15.0 Å². The predicted molar refractivity (Wildman–Crippen MR) is 139 cm³/mol. The van der Waals surface area contributed by atoms with Crippen LogP contribution in [-0.2, 0) is 42.6 Å². The van der Waals surface area contributed by atoms with Crippen LogP contribution in [0.15, 0.2) is 0 Å². The van der Waals surface area contributed by atoms with Gasteiger partial charge < -0.3 is 47.7 Å². The Morgan fingerprint density at radius 2 is 0.737 bits per heavy atom. The second-order valence-corrected chi connectivity index (χ2v) is 7.30. The molecule has 0 fully saturated rings. The zero-order valence-corrected chi connectivity index (χ0v) is 23.8. The van der Waals surface area contributed by atoms with Crippen molar-refractivity contribution >= 4 is 17.8 Å². The maximum absolute atomic E-state index is 8.32. The van der Waals surface area contributed by atoms with E-state index in [0.29, 0.717) is 50.9 Å². The first-order valence-electron chi connectivity index (χ1n) is 11.8. The van der Waals surface area contributed by atoms with E-state index in [1.165, 1.54) is 0 Å². The lowest BCUT2D eigenvalue weighted by molar-refractivity contribution is 0.0159. The molecule has 1 N–H and O–H groups in total. The topological polar surface area (TPSA) is 152 Å². The first kappa shape index (κ1) is 36.0. The molecule has 0 unspecified atom stereocenters. The van der Waals surface area contributed by atoms with Gasteiger partial charge in [0.1, 0.15) is 40.4 Å². The van der Waals surface area contributed by atoms with Gasteiger partial charge in [-0.25, -0.2) is 0 Å². The Balaban J connectivity index is 0.00000105. The van der Waals surface area contributed by atoms with Gasteiger partial charge in [-0.3, -0.25) is 14.7 Å². The Morgan fingerprint density at radius 1 is 0.447 bits per heavy atom. The van der Waals surface area contributed by atoms with Crippen LogP contribution in [0.5, 0.6) is 0 Å². The van der Waals surface area contributed by atoms with Gasteiger partial charge in [0.05, 0.1) is 39.6 Å². The molecule has 0 saturated heterocycles. The second kappa shape index (κ2) is 25.3. The van der Waals surface area contributed by atoms with E-state index < -0.39 is 0 Å². The van der Waals surface area contributed by atoms with Gasteiger partial charge in [0.15, 0.2) is 0 Å². The van der Waals surface area contributed by atoms with Gasteiger partial charge >= 0.3 is 0 Å². The standard InChI is InChI=1S/C15H30N6O6.C7H16O4/c1-22-7-19(8-23-2)13-16-14(20(9-24-3)10-25-4)18-15(17-13)21(11-26-5)12-27-6;1-9-4-5-11-7-6-10-3-2-8/h7-12H2,1-6H3;8H,2-7H2,1H3.